The van der Waals surface area contributed by atoms with Crippen LogP contribution in [0, 0.1) is 6.92 Å². The Hall–Kier alpha value is -2.29. The molecular weight excluding hydrogens is 451 g/mol. The smallest absolute Gasteiger partial charge is 0.338 e. The fourth-order valence-corrected chi connectivity index (χ4v) is 4.37. The number of rotatable bonds is 7. The van der Waals surface area contributed by atoms with Gasteiger partial charge in [-0.05, 0) is 56.7 Å². The van der Waals surface area contributed by atoms with Crippen LogP contribution in [0.3, 0.4) is 0 Å². The van der Waals surface area contributed by atoms with E-state index < -0.39 is 27.9 Å². The van der Waals surface area contributed by atoms with E-state index in [0.29, 0.717) is 11.3 Å². The second-order valence-corrected chi connectivity index (χ2v) is 9.27. The molecule has 0 saturated carbocycles. The van der Waals surface area contributed by atoms with Crippen molar-refractivity contribution in [2.45, 2.75) is 26.8 Å². The van der Waals surface area contributed by atoms with Crippen LogP contribution >= 0.6 is 23.2 Å². The van der Waals surface area contributed by atoms with Crippen molar-refractivity contribution < 1.29 is 22.7 Å². The highest BCUT2D eigenvalue weighted by Crippen LogP contribution is 2.32. The van der Waals surface area contributed by atoms with Gasteiger partial charge >= 0.3 is 5.97 Å². The Kier molecular flexibility index (Phi) is 7.74. The highest BCUT2D eigenvalue weighted by atomic mass is 35.5. The second-order valence-electron chi connectivity index (χ2n) is 6.57. The number of hydrogen-bond donors (Lipinski definition) is 1. The summed E-state index contributed by atoms with van der Waals surface area (Å²) in [4.78, 5) is 24.9. The standard InChI is InChI=1S/C20H22Cl2N2O5S/c1-5-29-20(26)14-7-6-12(2)17(10-14)23-19(25)13(3)24(30(4,27)28)18-11-15(21)8-9-16(18)22/h6-11,13H,5H2,1-4H3,(H,23,25)/t13-/m1/s1. The summed E-state index contributed by atoms with van der Waals surface area (Å²) >= 11 is 12.2. The van der Waals surface area contributed by atoms with Gasteiger partial charge in [0.05, 0.1) is 29.1 Å². The third-order valence-corrected chi connectivity index (χ3v) is 6.02. The van der Waals surface area contributed by atoms with Gasteiger partial charge in [0.1, 0.15) is 6.04 Å². The number of halogens is 2. The Morgan fingerprint density at radius 2 is 1.83 bits per heavy atom. The molecule has 0 heterocycles. The predicted molar refractivity (Wildman–Crippen MR) is 119 cm³/mol. The number of nitrogens with one attached hydrogen (secondary N) is 1. The van der Waals surface area contributed by atoms with Crippen LogP contribution in [0.15, 0.2) is 36.4 Å². The van der Waals surface area contributed by atoms with Crippen molar-refractivity contribution in [3.05, 3.63) is 57.6 Å². The van der Waals surface area contributed by atoms with Crippen molar-refractivity contribution in [3.8, 4) is 0 Å². The molecule has 0 aliphatic carbocycles. The summed E-state index contributed by atoms with van der Waals surface area (Å²) in [6.07, 6.45) is 0.973. The van der Waals surface area contributed by atoms with Crippen LogP contribution in [0.2, 0.25) is 10.0 Å². The van der Waals surface area contributed by atoms with Crippen molar-refractivity contribution >= 4 is 56.5 Å². The minimum atomic E-state index is -3.88. The van der Waals surface area contributed by atoms with Crippen molar-refractivity contribution in [2.75, 3.05) is 22.5 Å². The van der Waals surface area contributed by atoms with Crippen molar-refractivity contribution in [3.63, 3.8) is 0 Å². The quantitative estimate of drug-likeness (QED) is 0.607. The van der Waals surface area contributed by atoms with E-state index in [-0.39, 0.29) is 27.9 Å². The molecule has 0 unspecified atom stereocenters. The number of nitrogens with zero attached hydrogens (tertiary/aromatic N) is 1. The molecule has 0 aromatic heterocycles. The predicted octanol–water partition coefficient (Wildman–Crippen LogP) is 4.27. The molecule has 2 aromatic rings. The molecule has 10 heteroatoms. The maximum absolute atomic E-state index is 12.9. The molecule has 1 N–H and O–H groups in total. The fourth-order valence-electron chi connectivity index (χ4n) is 2.77. The van der Waals surface area contributed by atoms with Gasteiger partial charge in [-0.15, -0.1) is 0 Å². The van der Waals surface area contributed by atoms with E-state index in [1.54, 1.807) is 26.0 Å². The van der Waals surface area contributed by atoms with Gasteiger partial charge < -0.3 is 10.1 Å². The summed E-state index contributed by atoms with van der Waals surface area (Å²) < 4.78 is 30.8. The third kappa shape index (κ3) is 5.65. The number of sulfonamides is 1. The summed E-state index contributed by atoms with van der Waals surface area (Å²) in [7, 11) is -3.88. The molecule has 162 valence electrons. The first kappa shape index (κ1) is 24.0. The van der Waals surface area contributed by atoms with E-state index in [9.17, 15) is 18.0 Å². The lowest BCUT2D eigenvalue weighted by Crippen LogP contribution is -2.45. The summed E-state index contributed by atoms with van der Waals surface area (Å²) in [5, 5.41) is 3.08. The number of esters is 1. The molecule has 0 radical (unpaired) electrons. The zero-order valence-electron chi connectivity index (χ0n) is 16.9. The Bertz CT molecular complexity index is 1070. The summed E-state index contributed by atoms with van der Waals surface area (Å²) in [6.45, 7) is 5.09. The number of hydrogen-bond acceptors (Lipinski definition) is 5. The lowest BCUT2D eigenvalue weighted by atomic mass is 10.1. The van der Waals surface area contributed by atoms with Gasteiger partial charge in [-0.2, -0.15) is 0 Å². The van der Waals surface area contributed by atoms with Crippen LogP contribution in [-0.4, -0.2) is 39.2 Å². The van der Waals surface area contributed by atoms with Crippen molar-refractivity contribution in [1.82, 2.24) is 0 Å². The normalized spacial score (nSPS) is 12.2. The van der Waals surface area contributed by atoms with E-state index >= 15 is 0 Å². The molecule has 7 nitrogen and oxygen atoms in total. The number of aryl methyl sites for hydroxylation is 1. The number of benzene rings is 2. The van der Waals surface area contributed by atoms with Crippen LogP contribution < -0.4 is 9.62 Å². The molecule has 0 bridgehead atoms. The Balaban J connectivity index is 2.38. The number of anilines is 2. The SMILES string of the molecule is CCOC(=O)c1ccc(C)c(NC(=O)[C@@H](C)N(c2cc(Cl)ccc2Cl)S(C)(=O)=O)c1. The third-order valence-electron chi connectivity index (χ3n) is 4.24. The molecule has 2 rings (SSSR count). The molecular formula is C20H22Cl2N2O5S. The summed E-state index contributed by atoms with van der Waals surface area (Å²) in [6, 6.07) is 7.92. The van der Waals surface area contributed by atoms with Crippen molar-refractivity contribution in [1.29, 1.82) is 0 Å². The molecule has 0 fully saturated rings. The molecule has 2 aromatic carbocycles. The maximum atomic E-state index is 12.9. The van der Waals surface area contributed by atoms with E-state index in [2.05, 4.69) is 5.32 Å². The number of carbonyl (C=O) groups is 2. The average molecular weight is 473 g/mol. The minimum Gasteiger partial charge on any atom is -0.462 e. The highest BCUT2D eigenvalue weighted by molar-refractivity contribution is 7.92. The molecule has 1 atom stereocenters. The summed E-state index contributed by atoms with van der Waals surface area (Å²) in [5.41, 5.74) is 1.41. The second kappa shape index (κ2) is 9.68. The van der Waals surface area contributed by atoms with Crippen LogP contribution in [-0.2, 0) is 19.6 Å². The highest BCUT2D eigenvalue weighted by Gasteiger charge is 2.31. The molecule has 0 saturated heterocycles. The lowest BCUT2D eigenvalue weighted by molar-refractivity contribution is -0.116. The van der Waals surface area contributed by atoms with Crippen molar-refractivity contribution in [2.24, 2.45) is 0 Å². The van der Waals surface area contributed by atoms with Crippen LogP contribution in [0.5, 0.6) is 0 Å². The topological polar surface area (TPSA) is 92.8 Å². The monoisotopic (exact) mass is 472 g/mol. The zero-order chi connectivity index (χ0) is 22.6. The van der Waals surface area contributed by atoms with E-state index in [4.69, 9.17) is 27.9 Å². The lowest BCUT2D eigenvalue weighted by Gasteiger charge is -2.29. The van der Waals surface area contributed by atoms with Crippen LogP contribution in [0.25, 0.3) is 0 Å². The van der Waals surface area contributed by atoms with Crippen LogP contribution in [0.4, 0.5) is 11.4 Å². The summed E-state index contributed by atoms with van der Waals surface area (Å²) in [5.74, 6) is -1.13. The van der Waals surface area contributed by atoms with Gasteiger partial charge in [-0.1, -0.05) is 29.3 Å². The van der Waals surface area contributed by atoms with E-state index in [1.165, 1.54) is 31.2 Å². The molecule has 30 heavy (non-hydrogen) atoms. The Labute approximate surface area is 186 Å². The molecule has 0 aliphatic rings. The van der Waals surface area contributed by atoms with Gasteiger partial charge in [0.25, 0.3) is 0 Å². The average Bonchev–Trinajstić information content (AvgIpc) is 2.65. The minimum absolute atomic E-state index is 0.0892. The first-order chi connectivity index (χ1) is 14.0. The first-order valence-corrected chi connectivity index (χ1v) is 11.6. The largest absolute Gasteiger partial charge is 0.462 e. The van der Waals surface area contributed by atoms with Gasteiger partial charge in [-0.25, -0.2) is 13.2 Å². The Morgan fingerprint density at radius 1 is 1.17 bits per heavy atom. The van der Waals surface area contributed by atoms with E-state index in [1.807, 2.05) is 0 Å². The molecule has 0 spiro atoms. The van der Waals surface area contributed by atoms with Gasteiger partial charge in [-0.3, -0.25) is 9.10 Å². The Morgan fingerprint density at radius 3 is 2.43 bits per heavy atom. The van der Waals surface area contributed by atoms with Gasteiger partial charge in [0.2, 0.25) is 15.9 Å². The number of amides is 1. The molecule has 1 amide bonds. The molecule has 0 aliphatic heterocycles. The van der Waals surface area contributed by atoms with Crippen LogP contribution in [0.1, 0.15) is 29.8 Å². The van der Waals surface area contributed by atoms with Gasteiger partial charge in [0, 0.05) is 10.7 Å². The first-order valence-electron chi connectivity index (χ1n) is 8.98. The number of carbonyl (C=O) groups excluding carboxylic acids is 2. The van der Waals surface area contributed by atoms with Gasteiger partial charge in [0.15, 0.2) is 0 Å². The van der Waals surface area contributed by atoms with E-state index in [0.717, 1.165) is 10.6 Å². The number of ether oxygens (including phenoxy) is 1. The zero-order valence-corrected chi connectivity index (χ0v) is 19.2. The fraction of sp³-hybridized carbons (Fsp3) is 0.300. The maximum Gasteiger partial charge on any atom is 0.338 e.